The highest BCUT2D eigenvalue weighted by Crippen LogP contribution is 2.31. The fourth-order valence-corrected chi connectivity index (χ4v) is 3.89. The number of hydrogen-bond acceptors (Lipinski definition) is 1. The van der Waals surface area contributed by atoms with E-state index >= 15 is 0 Å². The molecule has 3 nitrogen and oxygen atoms in total. The zero-order chi connectivity index (χ0) is 14.4. The number of piperidine rings is 1. The number of fused-ring (bicyclic) bond motifs is 4. The summed E-state index contributed by atoms with van der Waals surface area (Å²) in [5, 5.41) is 3.08. The van der Waals surface area contributed by atoms with Crippen LogP contribution in [0.2, 0.25) is 5.02 Å². The van der Waals surface area contributed by atoms with Crippen LogP contribution in [0, 0.1) is 5.92 Å². The lowest BCUT2D eigenvalue weighted by atomic mass is 9.84. The Labute approximate surface area is 128 Å². The van der Waals surface area contributed by atoms with Gasteiger partial charge in [0, 0.05) is 34.7 Å². The van der Waals surface area contributed by atoms with Crippen LogP contribution in [0.3, 0.4) is 0 Å². The van der Waals surface area contributed by atoms with Crippen LogP contribution in [-0.4, -0.2) is 17.7 Å². The number of pyridine rings is 1. The summed E-state index contributed by atoms with van der Waals surface area (Å²) in [6.07, 6.45) is 1.23. The van der Waals surface area contributed by atoms with Crippen molar-refractivity contribution in [3.63, 3.8) is 0 Å². The predicted octanol–water partition coefficient (Wildman–Crippen LogP) is 1.85. The average molecular weight is 302 g/mol. The Balaban J connectivity index is 1.83. The summed E-state index contributed by atoms with van der Waals surface area (Å²) in [5.41, 5.74) is 3.08. The summed E-state index contributed by atoms with van der Waals surface area (Å²) in [6, 6.07) is 11.6. The van der Waals surface area contributed by atoms with Crippen molar-refractivity contribution in [3.05, 3.63) is 57.5 Å². The van der Waals surface area contributed by atoms with Crippen molar-refractivity contribution in [1.29, 1.82) is 0 Å². The third-order valence-corrected chi connectivity index (χ3v) is 5.04. The standard InChI is InChI=1S/C17H17ClN2O/c18-14-3-1-12(2-4-14)15-5-6-16-13-7-11(8-19-9-13)10-20(16)17(15)21/h1-6,11,13,19H,7-10H2/p+1/t11-,13+/m0/s1. The molecule has 1 aromatic carbocycles. The van der Waals surface area contributed by atoms with Crippen LogP contribution >= 0.6 is 11.6 Å². The van der Waals surface area contributed by atoms with E-state index in [4.69, 9.17) is 11.6 Å². The highest BCUT2D eigenvalue weighted by Gasteiger charge is 2.33. The van der Waals surface area contributed by atoms with Crippen LogP contribution in [0.15, 0.2) is 41.2 Å². The summed E-state index contributed by atoms with van der Waals surface area (Å²) in [4.78, 5) is 12.8. The first-order valence-electron chi connectivity index (χ1n) is 7.54. The van der Waals surface area contributed by atoms with Gasteiger partial charge in [0.2, 0.25) is 0 Å². The van der Waals surface area contributed by atoms with Crippen molar-refractivity contribution < 1.29 is 5.32 Å². The Bertz CT molecular complexity index is 735. The molecule has 0 saturated carbocycles. The molecule has 2 bridgehead atoms. The summed E-state index contributed by atoms with van der Waals surface area (Å²) < 4.78 is 2.01. The zero-order valence-corrected chi connectivity index (χ0v) is 12.5. The molecule has 1 aromatic heterocycles. The number of hydrogen-bond donors (Lipinski definition) is 1. The van der Waals surface area contributed by atoms with Crippen LogP contribution in [0.4, 0.5) is 0 Å². The van der Waals surface area contributed by atoms with Gasteiger partial charge in [-0.3, -0.25) is 4.79 Å². The summed E-state index contributed by atoms with van der Waals surface area (Å²) in [5.74, 6) is 1.17. The molecule has 0 radical (unpaired) electrons. The molecule has 4 rings (SSSR count). The highest BCUT2D eigenvalue weighted by atomic mass is 35.5. The van der Waals surface area contributed by atoms with Gasteiger partial charge >= 0.3 is 0 Å². The minimum absolute atomic E-state index is 0.145. The molecule has 2 aliphatic heterocycles. The van der Waals surface area contributed by atoms with Gasteiger partial charge in [-0.25, -0.2) is 0 Å². The minimum Gasteiger partial charge on any atom is -0.345 e. The first-order chi connectivity index (χ1) is 10.2. The van der Waals surface area contributed by atoms with Gasteiger partial charge in [0.25, 0.3) is 5.56 Å². The van der Waals surface area contributed by atoms with Crippen LogP contribution in [0.1, 0.15) is 18.0 Å². The molecule has 4 heteroatoms. The van der Waals surface area contributed by atoms with E-state index in [-0.39, 0.29) is 5.56 Å². The molecule has 0 amide bonds. The second-order valence-electron chi connectivity index (χ2n) is 6.15. The zero-order valence-electron chi connectivity index (χ0n) is 11.8. The van der Waals surface area contributed by atoms with E-state index < -0.39 is 0 Å². The molecule has 1 saturated heterocycles. The number of nitrogens with zero attached hydrogens (tertiary/aromatic N) is 1. The van der Waals surface area contributed by atoms with Gasteiger partial charge in [0.05, 0.1) is 13.1 Å². The van der Waals surface area contributed by atoms with Gasteiger partial charge in [-0.15, -0.1) is 0 Å². The predicted molar refractivity (Wildman–Crippen MR) is 83.7 cm³/mol. The second-order valence-corrected chi connectivity index (χ2v) is 6.59. The van der Waals surface area contributed by atoms with Crippen molar-refractivity contribution in [3.8, 4) is 11.1 Å². The fraction of sp³-hybridized carbons (Fsp3) is 0.353. The lowest BCUT2D eigenvalue weighted by Crippen LogP contribution is -2.89. The van der Waals surface area contributed by atoms with E-state index in [0.29, 0.717) is 16.9 Å². The van der Waals surface area contributed by atoms with Crippen molar-refractivity contribution in [2.75, 3.05) is 13.1 Å². The molecule has 21 heavy (non-hydrogen) atoms. The van der Waals surface area contributed by atoms with Crippen LogP contribution in [-0.2, 0) is 6.54 Å². The number of rotatable bonds is 1. The number of benzene rings is 1. The third-order valence-electron chi connectivity index (χ3n) is 4.79. The first-order valence-corrected chi connectivity index (χ1v) is 7.91. The number of quaternary nitrogens is 1. The molecular weight excluding hydrogens is 284 g/mol. The topological polar surface area (TPSA) is 38.6 Å². The highest BCUT2D eigenvalue weighted by molar-refractivity contribution is 6.30. The Morgan fingerprint density at radius 3 is 2.71 bits per heavy atom. The van der Waals surface area contributed by atoms with E-state index in [1.54, 1.807) is 0 Å². The number of nitrogens with two attached hydrogens (primary N) is 1. The summed E-state index contributed by atoms with van der Waals surface area (Å²) in [7, 11) is 0. The molecule has 1 fully saturated rings. The van der Waals surface area contributed by atoms with E-state index in [1.807, 2.05) is 34.9 Å². The number of aromatic nitrogens is 1. The maximum atomic E-state index is 12.8. The molecule has 0 spiro atoms. The molecule has 0 unspecified atom stereocenters. The monoisotopic (exact) mass is 301 g/mol. The average Bonchev–Trinajstić information content (AvgIpc) is 2.50. The van der Waals surface area contributed by atoms with Crippen molar-refractivity contribution in [1.82, 2.24) is 4.57 Å². The lowest BCUT2D eigenvalue weighted by Gasteiger charge is -2.35. The normalized spacial score (nSPS) is 23.7. The van der Waals surface area contributed by atoms with Gasteiger partial charge in [-0.1, -0.05) is 23.7 Å². The second kappa shape index (κ2) is 5.00. The molecule has 108 valence electrons. The molecule has 2 atom stereocenters. The molecule has 0 aliphatic carbocycles. The lowest BCUT2D eigenvalue weighted by molar-refractivity contribution is -0.673. The molecule has 3 heterocycles. The van der Waals surface area contributed by atoms with Crippen molar-refractivity contribution in [2.45, 2.75) is 18.9 Å². The smallest absolute Gasteiger partial charge is 0.258 e. The van der Waals surface area contributed by atoms with Gasteiger partial charge in [0.15, 0.2) is 0 Å². The Morgan fingerprint density at radius 1 is 1.10 bits per heavy atom. The van der Waals surface area contributed by atoms with Crippen LogP contribution in [0.25, 0.3) is 11.1 Å². The summed E-state index contributed by atoms with van der Waals surface area (Å²) >= 11 is 5.93. The largest absolute Gasteiger partial charge is 0.345 e. The van der Waals surface area contributed by atoms with Gasteiger partial charge in [0.1, 0.15) is 0 Å². The maximum absolute atomic E-state index is 12.8. The van der Waals surface area contributed by atoms with Gasteiger partial charge in [-0.05, 0) is 36.2 Å². The minimum atomic E-state index is 0.145. The van der Waals surface area contributed by atoms with E-state index in [0.717, 1.165) is 30.8 Å². The van der Waals surface area contributed by atoms with Crippen LogP contribution in [0.5, 0.6) is 0 Å². The number of halogens is 1. The van der Waals surface area contributed by atoms with Gasteiger partial charge < -0.3 is 9.88 Å². The molecule has 2 aliphatic rings. The van der Waals surface area contributed by atoms with Crippen molar-refractivity contribution >= 4 is 11.6 Å². The third kappa shape index (κ3) is 2.21. The quantitative estimate of drug-likeness (QED) is 0.858. The van der Waals surface area contributed by atoms with E-state index in [9.17, 15) is 4.79 Å². The Kier molecular flexibility index (Phi) is 3.12. The van der Waals surface area contributed by atoms with Crippen molar-refractivity contribution in [2.24, 2.45) is 5.92 Å². The summed E-state index contributed by atoms with van der Waals surface area (Å²) in [6.45, 7) is 3.12. The molecular formula is C17H18ClN2O+. The Morgan fingerprint density at radius 2 is 1.90 bits per heavy atom. The molecule has 2 N–H and O–H groups in total. The molecule has 2 aromatic rings. The fourth-order valence-electron chi connectivity index (χ4n) is 3.76. The van der Waals surface area contributed by atoms with E-state index in [1.165, 1.54) is 12.1 Å². The Hall–Kier alpha value is -1.58. The maximum Gasteiger partial charge on any atom is 0.258 e. The van der Waals surface area contributed by atoms with Gasteiger partial charge in [-0.2, -0.15) is 0 Å². The van der Waals surface area contributed by atoms with Crippen LogP contribution < -0.4 is 10.9 Å². The first kappa shape index (κ1) is 13.1. The van der Waals surface area contributed by atoms with E-state index in [2.05, 4.69) is 11.4 Å². The SMILES string of the molecule is O=c1c(-c2ccc(Cl)cc2)ccc2n1C[C@@H]1C[NH2+]C[C@H]2C1.